The van der Waals surface area contributed by atoms with Gasteiger partial charge in [0.25, 0.3) is 0 Å². The summed E-state index contributed by atoms with van der Waals surface area (Å²) in [4.78, 5) is 26.7. The molecule has 0 spiro atoms. The molecular weight excluding hydrogens is 358 g/mol. The minimum atomic E-state index is -1.02. The number of fused-ring (bicyclic) bond motifs is 1. The second-order valence-corrected chi connectivity index (χ2v) is 7.49. The summed E-state index contributed by atoms with van der Waals surface area (Å²) in [5, 5.41) is 2.81. The summed E-state index contributed by atoms with van der Waals surface area (Å²) in [6, 6.07) is 10.8. The van der Waals surface area contributed by atoms with Crippen molar-refractivity contribution in [2.24, 2.45) is 0 Å². The summed E-state index contributed by atoms with van der Waals surface area (Å²) >= 11 is 1.29. The molecule has 1 heterocycles. The van der Waals surface area contributed by atoms with E-state index in [0.29, 0.717) is 22.7 Å². The highest BCUT2D eigenvalue weighted by Crippen LogP contribution is 2.37. The molecule has 1 N–H and O–H groups in total. The van der Waals surface area contributed by atoms with Gasteiger partial charge in [0, 0.05) is 5.75 Å². The summed E-state index contributed by atoms with van der Waals surface area (Å²) in [5.74, 6) is -1.79. The van der Waals surface area contributed by atoms with Crippen molar-refractivity contribution in [3.8, 4) is 0 Å². The molecule has 7 heteroatoms. The largest absolute Gasteiger partial charge is 0.322 e. The molecule has 4 nitrogen and oxygen atoms in total. The molecule has 136 valence electrons. The number of carbonyl (C=O) groups is 2. The van der Waals surface area contributed by atoms with Crippen LogP contribution >= 0.6 is 11.8 Å². The smallest absolute Gasteiger partial charge is 0.250 e. The Kier molecular flexibility index (Phi) is 5.00. The highest BCUT2D eigenvalue weighted by Gasteiger charge is 2.43. The van der Waals surface area contributed by atoms with E-state index in [1.54, 1.807) is 38.1 Å². The van der Waals surface area contributed by atoms with Gasteiger partial charge in [-0.3, -0.25) is 14.5 Å². The van der Waals surface area contributed by atoms with E-state index in [0.717, 1.165) is 12.1 Å². The molecule has 0 saturated heterocycles. The maximum absolute atomic E-state index is 13.3. The third-order valence-electron chi connectivity index (χ3n) is 4.24. The van der Waals surface area contributed by atoms with Gasteiger partial charge in [0.05, 0.1) is 17.1 Å². The van der Waals surface area contributed by atoms with Crippen molar-refractivity contribution in [3.05, 3.63) is 59.7 Å². The number of anilines is 2. The molecule has 0 atom stereocenters. The average Bonchev–Trinajstić information content (AvgIpc) is 2.59. The van der Waals surface area contributed by atoms with Crippen molar-refractivity contribution in [2.45, 2.75) is 25.1 Å². The van der Waals surface area contributed by atoms with Crippen LogP contribution in [0.1, 0.15) is 19.4 Å². The Morgan fingerprint density at radius 2 is 1.88 bits per heavy atom. The first-order chi connectivity index (χ1) is 12.3. The average molecular weight is 376 g/mol. The number of nitrogens with one attached hydrogen (secondary N) is 1. The number of thioether (sulfide) groups is 1. The Morgan fingerprint density at radius 1 is 1.15 bits per heavy atom. The molecule has 2 aromatic carbocycles. The third-order valence-corrected chi connectivity index (χ3v) is 5.22. The van der Waals surface area contributed by atoms with Crippen molar-refractivity contribution < 1.29 is 18.4 Å². The molecule has 0 bridgehead atoms. The quantitative estimate of drug-likeness (QED) is 0.879. The van der Waals surface area contributed by atoms with Crippen LogP contribution in [0.4, 0.5) is 20.2 Å². The lowest BCUT2D eigenvalue weighted by molar-refractivity contribution is -0.125. The minimum Gasteiger partial charge on any atom is -0.322 e. The van der Waals surface area contributed by atoms with Crippen molar-refractivity contribution in [2.75, 3.05) is 16.0 Å². The fourth-order valence-electron chi connectivity index (χ4n) is 2.85. The van der Waals surface area contributed by atoms with Crippen LogP contribution in [0.3, 0.4) is 0 Å². The number of benzene rings is 2. The first kappa shape index (κ1) is 18.4. The molecule has 0 aromatic heterocycles. The molecule has 2 amide bonds. The fraction of sp³-hybridized carbons (Fsp3) is 0.263. The number of halogens is 2. The number of hydrogen-bond donors (Lipinski definition) is 1. The molecule has 0 saturated carbocycles. The lowest BCUT2D eigenvalue weighted by Gasteiger charge is -2.42. The lowest BCUT2D eigenvalue weighted by atomic mass is 9.96. The Balaban J connectivity index is 1.74. The molecule has 3 rings (SSSR count). The van der Waals surface area contributed by atoms with Gasteiger partial charge in [0.1, 0.15) is 5.54 Å². The van der Waals surface area contributed by atoms with Gasteiger partial charge >= 0.3 is 0 Å². The van der Waals surface area contributed by atoms with E-state index in [2.05, 4.69) is 5.32 Å². The molecule has 2 aromatic rings. The third kappa shape index (κ3) is 3.44. The number of hydrogen-bond acceptors (Lipinski definition) is 3. The van der Waals surface area contributed by atoms with Crippen molar-refractivity contribution >= 4 is 35.0 Å². The van der Waals surface area contributed by atoms with Crippen LogP contribution in [0.2, 0.25) is 0 Å². The van der Waals surface area contributed by atoms with Gasteiger partial charge < -0.3 is 5.32 Å². The lowest BCUT2D eigenvalue weighted by Crippen LogP contribution is -2.58. The molecule has 0 unspecified atom stereocenters. The summed E-state index contributed by atoms with van der Waals surface area (Å²) < 4.78 is 26.2. The van der Waals surface area contributed by atoms with Gasteiger partial charge in [-0.05, 0) is 43.7 Å². The Morgan fingerprint density at radius 3 is 2.62 bits per heavy atom. The van der Waals surface area contributed by atoms with E-state index in [-0.39, 0.29) is 17.6 Å². The normalized spacial score (nSPS) is 15.4. The predicted molar refractivity (Wildman–Crippen MR) is 99.2 cm³/mol. The van der Waals surface area contributed by atoms with Crippen LogP contribution in [0.15, 0.2) is 42.5 Å². The van der Waals surface area contributed by atoms with E-state index in [1.807, 2.05) is 0 Å². The number of para-hydroxylation sites is 2. The SMILES string of the molecule is CC1(C)C(=O)Nc2ccccc2N1C(=O)CSCc1ccc(F)c(F)c1. The van der Waals surface area contributed by atoms with E-state index in [9.17, 15) is 18.4 Å². The molecule has 1 aliphatic heterocycles. The second-order valence-electron chi connectivity index (χ2n) is 6.50. The fourth-order valence-corrected chi connectivity index (χ4v) is 3.67. The second kappa shape index (κ2) is 7.07. The van der Waals surface area contributed by atoms with Crippen molar-refractivity contribution in [1.82, 2.24) is 0 Å². The first-order valence-electron chi connectivity index (χ1n) is 8.06. The van der Waals surface area contributed by atoms with Gasteiger partial charge in [-0.2, -0.15) is 0 Å². The minimum absolute atomic E-state index is 0.115. The Bertz CT molecular complexity index is 870. The van der Waals surface area contributed by atoms with Crippen molar-refractivity contribution in [3.63, 3.8) is 0 Å². The van der Waals surface area contributed by atoms with Crippen LogP contribution in [0.25, 0.3) is 0 Å². The number of rotatable bonds is 4. The maximum Gasteiger partial charge on any atom is 0.250 e. The van der Waals surface area contributed by atoms with Crippen LogP contribution in [0, 0.1) is 11.6 Å². The van der Waals surface area contributed by atoms with Gasteiger partial charge in [0.2, 0.25) is 11.8 Å². The zero-order valence-electron chi connectivity index (χ0n) is 14.4. The molecule has 1 aliphatic rings. The van der Waals surface area contributed by atoms with Crippen LogP contribution in [-0.2, 0) is 15.3 Å². The Hall–Kier alpha value is -2.41. The number of nitrogens with zero attached hydrogens (tertiary/aromatic N) is 1. The summed E-state index contributed by atoms with van der Waals surface area (Å²) in [6.45, 7) is 3.38. The zero-order chi connectivity index (χ0) is 18.9. The van der Waals surface area contributed by atoms with Gasteiger partial charge in [0.15, 0.2) is 11.6 Å². The van der Waals surface area contributed by atoms with Gasteiger partial charge in [-0.15, -0.1) is 11.8 Å². The van der Waals surface area contributed by atoms with E-state index in [1.165, 1.54) is 22.7 Å². The first-order valence-corrected chi connectivity index (χ1v) is 9.21. The molecular formula is C19H18F2N2O2S. The van der Waals surface area contributed by atoms with Gasteiger partial charge in [-0.1, -0.05) is 18.2 Å². The van der Waals surface area contributed by atoms with E-state index in [4.69, 9.17) is 0 Å². The van der Waals surface area contributed by atoms with Crippen LogP contribution in [0.5, 0.6) is 0 Å². The summed E-state index contributed by atoms with van der Waals surface area (Å²) in [7, 11) is 0. The standard InChI is InChI=1S/C19H18F2N2O2S/c1-19(2)18(25)22-15-5-3-4-6-16(15)23(19)17(24)11-26-10-12-7-8-13(20)14(21)9-12/h3-9H,10-11H2,1-2H3,(H,22,25). The monoisotopic (exact) mass is 376 g/mol. The van der Waals surface area contributed by atoms with E-state index < -0.39 is 17.2 Å². The highest BCUT2D eigenvalue weighted by atomic mass is 32.2. The van der Waals surface area contributed by atoms with Crippen molar-refractivity contribution in [1.29, 1.82) is 0 Å². The summed E-state index contributed by atoms with van der Waals surface area (Å²) in [5.41, 5.74) is 0.817. The van der Waals surface area contributed by atoms with Gasteiger partial charge in [-0.25, -0.2) is 8.78 Å². The van der Waals surface area contributed by atoms with Crippen LogP contribution < -0.4 is 10.2 Å². The molecule has 0 fully saturated rings. The maximum atomic E-state index is 13.3. The zero-order valence-corrected chi connectivity index (χ0v) is 15.2. The van der Waals surface area contributed by atoms with E-state index >= 15 is 0 Å². The topological polar surface area (TPSA) is 49.4 Å². The predicted octanol–water partition coefficient (Wildman–Crippen LogP) is 3.96. The number of carbonyl (C=O) groups excluding carboxylic acids is 2. The molecule has 0 aliphatic carbocycles. The Labute approximate surface area is 154 Å². The number of amides is 2. The molecule has 0 radical (unpaired) electrons. The molecule has 26 heavy (non-hydrogen) atoms. The highest BCUT2D eigenvalue weighted by molar-refractivity contribution is 7.99. The summed E-state index contributed by atoms with van der Waals surface area (Å²) in [6.07, 6.45) is 0. The van der Waals surface area contributed by atoms with Crippen LogP contribution in [-0.4, -0.2) is 23.1 Å².